The fourth-order valence-electron chi connectivity index (χ4n) is 2.78. The van der Waals surface area contributed by atoms with E-state index in [9.17, 15) is 9.90 Å². The molecule has 0 radical (unpaired) electrons. The topological polar surface area (TPSA) is 49.8 Å². The van der Waals surface area contributed by atoms with Crippen LogP contribution in [-0.4, -0.2) is 47.3 Å². The second-order valence-electron chi connectivity index (χ2n) is 5.40. The van der Waals surface area contributed by atoms with Crippen LogP contribution in [0.4, 0.5) is 0 Å². The summed E-state index contributed by atoms with van der Waals surface area (Å²) in [4.78, 5) is 13.6. The molecule has 2 rings (SSSR count). The number of ether oxygens (including phenoxy) is 1. The summed E-state index contributed by atoms with van der Waals surface area (Å²) in [6, 6.07) is 0. The number of carbonyl (C=O) groups excluding carboxylic acids is 1. The molecule has 0 aliphatic carbocycles. The SMILES string of the molecule is CCCC1(O)CN(C(=O)CCC2CCCO2)C1. The van der Waals surface area contributed by atoms with Crippen molar-refractivity contribution in [3.63, 3.8) is 0 Å². The fourth-order valence-corrected chi connectivity index (χ4v) is 2.78. The van der Waals surface area contributed by atoms with Crippen LogP contribution in [0.2, 0.25) is 0 Å². The standard InChI is InChI=1S/C13H23NO3/c1-2-7-13(16)9-14(10-13)12(15)6-5-11-4-3-8-17-11/h11,16H,2-10H2,1H3. The second-order valence-corrected chi connectivity index (χ2v) is 5.40. The molecule has 4 nitrogen and oxygen atoms in total. The minimum absolute atomic E-state index is 0.168. The molecule has 0 saturated carbocycles. The highest BCUT2D eigenvalue weighted by atomic mass is 16.5. The minimum atomic E-state index is -0.603. The van der Waals surface area contributed by atoms with Gasteiger partial charge in [0.05, 0.1) is 24.8 Å². The van der Waals surface area contributed by atoms with Crippen LogP contribution in [0.1, 0.15) is 45.4 Å². The van der Waals surface area contributed by atoms with Gasteiger partial charge in [-0.1, -0.05) is 13.3 Å². The molecule has 0 spiro atoms. The molecule has 0 bridgehead atoms. The molecule has 1 unspecified atom stereocenters. The third kappa shape index (κ3) is 3.19. The van der Waals surface area contributed by atoms with Crippen molar-refractivity contribution in [3.8, 4) is 0 Å². The first-order valence-electron chi connectivity index (χ1n) is 6.75. The Kier molecular flexibility index (Phi) is 4.05. The fraction of sp³-hybridized carbons (Fsp3) is 0.923. The van der Waals surface area contributed by atoms with Crippen LogP contribution in [0.3, 0.4) is 0 Å². The first-order valence-corrected chi connectivity index (χ1v) is 6.75. The van der Waals surface area contributed by atoms with Gasteiger partial charge in [0.25, 0.3) is 0 Å². The Morgan fingerprint density at radius 1 is 1.53 bits per heavy atom. The number of aliphatic hydroxyl groups is 1. The van der Waals surface area contributed by atoms with Crippen LogP contribution in [0.15, 0.2) is 0 Å². The van der Waals surface area contributed by atoms with Gasteiger partial charge in [0.2, 0.25) is 5.91 Å². The van der Waals surface area contributed by atoms with Gasteiger partial charge >= 0.3 is 0 Å². The Hall–Kier alpha value is -0.610. The van der Waals surface area contributed by atoms with Gasteiger partial charge in [-0.05, 0) is 25.7 Å². The van der Waals surface area contributed by atoms with E-state index >= 15 is 0 Å². The normalized spacial score (nSPS) is 26.9. The maximum atomic E-state index is 11.8. The average Bonchev–Trinajstić information content (AvgIpc) is 2.75. The predicted octanol–water partition coefficient (Wildman–Crippen LogP) is 1.32. The van der Waals surface area contributed by atoms with Gasteiger partial charge in [-0.25, -0.2) is 0 Å². The number of rotatable bonds is 5. The molecule has 0 aromatic carbocycles. The lowest BCUT2D eigenvalue weighted by Gasteiger charge is -2.46. The molecule has 1 N–H and O–H groups in total. The maximum absolute atomic E-state index is 11.8. The van der Waals surface area contributed by atoms with Crippen molar-refractivity contribution in [2.75, 3.05) is 19.7 Å². The van der Waals surface area contributed by atoms with Crippen LogP contribution in [0.25, 0.3) is 0 Å². The zero-order valence-corrected chi connectivity index (χ0v) is 10.7. The molecule has 2 aliphatic heterocycles. The van der Waals surface area contributed by atoms with Gasteiger partial charge in [-0.15, -0.1) is 0 Å². The highest BCUT2D eigenvalue weighted by Gasteiger charge is 2.42. The molecule has 98 valence electrons. The summed E-state index contributed by atoms with van der Waals surface area (Å²) >= 11 is 0. The van der Waals surface area contributed by atoms with Gasteiger partial charge in [-0.2, -0.15) is 0 Å². The Morgan fingerprint density at radius 2 is 2.29 bits per heavy atom. The molecule has 4 heteroatoms. The van der Waals surface area contributed by atoms with Gasteiger partial charge < -0.3 is 14.7 Å². The number of amides is 1. The molecule has 0 aromatic heterocycles. The van der Waals surface area contributed by atoms with E-state index in [-0.39, 0.29) is 12.0 Å². The summed E-state index contributed by atoms with van der Waals surface area (Å²) in [6.07, 6.45) is 5.66. The van der Waals surface area contributed by atoms with Crippen LogP contribution in [-0.2, 0) is 9.53 Å². The lowest BCUT2D eigenvalue weighted by atomic mass is 9.89. The van der Waals surface area contributed by atoms with Crippen molar-refractivity contribution < 1.29 is 14.6 Å². The van der Waals surface area contributed by atoms with Crippen molar-refractivity contribution in [2.45, 2.75) is 57.2 Å². The van der Waals surface area contributed by atoms with Crippen molar-refractivity contribution in [2.24, 2.45) is 0 Å². The van der Waals surface area contributed by atoms with Crippen LogP contribution in [0.5, 0.6) is 0 Å². The zero-order chi connectivity index (χ0) is 12.3. The summed E-state index contributed by atoms with van der Waals surface area (Å²) in [5.74, 6) is 0.168. The summed E-state index contributed by atoms with van der Waals surface area (Å²) in [7, 11) is 0. The monoisotopic (exact) mass is 241 g/mol. The van der Waals surface area contributed by atoms with Crippen LogP contribution < -0.4 is 0 Å². The number of hydrogen-bond donors (Lipinski definition) is 1. The number of hydrogen-bond acceptors (Lipinski definition) is 3. The molecule has 2 heterocycles. The van der Waals surface area contributed by atoms with Crippen molar-refractivity contribution in [1.29, 1.82) is 0 Å². The largest absolute Gasteiger partial charge is 0.386 e. The Morgan fingerprint density at radius 3 is 2.88 bits per heavy atom. The molecular weight excluding hydrogens is 218 g/mol. The van der Waals surface area contributed by atoms with E-state index in [0.29, 0.717) is 19.5 Å². The number of likely N-dealkylation sites (tertiary alicyclic amines) is 1. The maximum Gasteiger partial charge on any atom is 0.222 e. The predicted molar refractivity (Wildman–Crippen MR) is 64.6 cm³/mol. The number of carbonyl (C=O) groups is 1. The Balaban J connectivity index is 1.65. The highest BCUT2D eigenvalue weighted by Crippen LogP contribution is 2.27. The lowest BCUT2D eigenvalue weighted by Crippen LogP contribution is -2.63. The van der Waals surface area contributed by atoms with Crippen molar-refractivity contribution >= 4 is 5.91 Å². The quantitative estimate of drug-likeness (QED) is 0.789. The Bertz CT molecular complexity index is 268. The van der Waals surface area contributed by atoms with Gasteiger partial charge in [0.15, 0.2) is 0 Å². The molecule has 1 atom stereocenters. The van der Waals surface area contributed by atoms with E-state index in [1.165, 1.54) is 0 Å². The number of β-amino-alcohol motifs (C(OH)–C–C–N with tert-alkyl or cyclic N) is 1. The molecule has 0 aromatic rings. The average molecular weight is 241 g/mol. The first-order chi connectivity index (χ1) is 8.13. The van der Waals surface area contributed by atoms with Crippen molar-refractivity contribution in [1.82, 2.24) is 4.90 Å². The second kappa shape index (κ2) is 5.36. The van der Waals surface area contributed by atoms with E-state index in [1.807, 2.05) is 0 Å². The minimum Gasteiger partial charge on any atom is -0.386 e. The molecule has 2 fully saturated rings. The van der Waals surface area contributed by atoms with Crippen LogP contribution in [0, 0.1) is 0 Å². The van der Waals surface area contributed by atoms with E-state index in [0.717, 1.165) is 38.7 Å². The summed E-state index contributed by atoms with van der Waals surface area (Å²) in [5, 5.41) is 9.99. The van der Waals surface area contributed by atoms with Gasteiger partial charge in [-0.3, -0.25) is 4.79 Å². The third-order valence-electron chi connectivity index (χ3n) is 3.74. The summed E-state index contributed by atoms with van der Waals surface area (Å²) in [5.41, 5.74) is -0.603. The number of nitrogens with zero attached hydrogens (tertiary/aromatic N) is 1. The molecule has 2 saturated heterocycles. The third-order valence-corrected chi connectivity index (χ3v) is 3.74. The van der Waals surface area contributed by atoms with Crippen LogP contribution >= 0.6 is 0 Å². The van der Waals surface area contributed by atoms with E-state index in [1.54, 1.807) is 4.90 Å². The molecular formula is C13H23NO3. The Labute approximate surface area is 103 Å². The molecule has 1 amide bonds. The zero-order valence-electron chi connectivity index (χ0n) is 10.7. The van der Waals surface area contributed by atoms with Gasteiger partial charge in [0, 0.05) is 13.0 Å². The molecule has 17 heavy (non-hydrogen) atoms. The lowest BCUT2D eigenvalue weighted by molar-refractivity contribution is -0.157. The summed E-state index contributed by atoms with van der Waals surface area (Å²) in [6.45, 7) is 3.94. The van der Waals surface area contributed by atoms with Crippen molar-refractivity contribution in [3.05, 3.63) is 0 Å². The van der Waals surface area contributed by atoms with Gasteiger partial charge in [0.1, 0.15) is 0 Å². The highest BCUT2D eigenvalue weighted by molar-refractivity contribution is 5.77. The van der Waals surface area contributed by atoms with E-state index in [2.05, 4.69) is 6.92 Å². The summed E-state index contributed by atoms with van der Waals surface area (Å²) < 4.78 is 5.49. The smallest absolute Gasteiger partial charge is 0.222 e. The van der Waals surface area contributed by atoms with E-state index < -0.39 is 5.60 Å². The van der Waals surface area contributed by atoms with E-state index in [4.69, 9.17) is 4.74 Å². The molecule has 2 aliphatic rings. The first kappa shape index (κ1) is 12.8.